The quantitative estimate of drug-likeness (QED) is 0.553. The molecule has 2 N–H and O–H groups in total. The van der Waals surface area contributed by atoms with Crippen LogP contribution in [0.4, 0.5) is 20.2 Å². The molecule has 0 unspecified atom stereocenters. The van der Waals surface area contributed by atoms with Crippen LogP contribution < -0.4 is 10.2 Å². The maximum atomic E-state index is 15.4. The summed E-state index contributed by atoms with van der Waals surface area (Å²) in [5.74, 6) is -1.16. The van der Waals surface area contributed by atoms with Crippen molar-refractivity contribution < 1.29 is 8.78 Å². The molecule has 2 aliphatic heterocycles. The average Bonchev–Trinajstić information content (AvgIpc) is 3.48. The molecule has 2 atom stereocenters. The van der Waals surface area contributed by atoms with Gasteiger partial charge in [0.25, 0.3) is 0 Å². The van der Waals surface area contributed by atoms with Crippen LogP contribution in [0.5, 0.6) is 0 Å². The molecule has 0 saturated carbocycles. The van der Waals surface area contributed by atoms with Crippen molar-refractivity contribution in [2.24, 2.45) is 10.9 Å². The Labute approximate surface area is 192 Å². The number of rotatable bonds is 5. The van der Waals surface area contributed by atoms with Gasteiger partial charge in [0.1, 0.15) is 5.65 Å². The number of likely N-dealkylation sites (tertiary alicyclic amines) is 1. The summed E-state index contributed by atoms with van der Waals surface area (Å²) in [4.78, 5) is 17.1. The molecule has 1 aromatic carbocycles. The number of aromatic nitrogens is 2. The van der Waals surface area contributed by atoms with Crippen LogP contribution in [0.3, 0.4) is 0 Å². The molecule has 2 aliphatic rings. The standard InChI is InChI=1S/C25H30F2N6/c1-5-14(10-29-6-2)16-11-30-25-21(20-22(27)17(26)9-18(28-3)23(20)31-25)24(16)33-8-7-15-12-32(4)13-19(15)33/h5,9-11,15,19,28H,6-8,12-13H2,1-4H3,(H,30,31)/b14-5+,29-10-/t15-,19+/m1/s1. The number of benzene rings is 1. The summed E-state index contributed by atoms with van der Waals surface area (Å²) in [7, 11) is 3.85. The highest BCUT2D eigenvalue weighted by Crippen LogP contribution is 2.45. The number of aromatic amines is 1. The van der Waals surface area contributed by atoms with Gasteiger partial charge in [-0.05, 0) is 38.8 Å². The van der Waals surface area contributed by atoms with Gasteiger partial charge in [0.05, 0.1) is 27.7 Å². The molecule has 33 heavy (non-hydrogen) atoms. The number of nitrogens with one attached hydrogen (secondary N) is 2. The topological polar surface area (TPSA) is 59.6 Å². The van der Waals surface area contributed by atoms with Gasteiger partial charge >= 0.3 is 0 Å². The number of H-pyrrole nitrogens is 1. The fourth-order valence-electron chi connectivity index (χ4n) is 5.59. The van der Waals surface area contributed by atoms with Crippen molar-refractivity contribution in [1.82, 2.24) is 14.9 Å². The Kier molecular flexibility index (Phi) is 5.56. The second-order valence-corrected chi connectivity index (χ2v) is 8.99. The number of aliphatic imine (C=N–C) groups is 1. The molecular formula is C25H30F2N6. The summed E-state index contributed by atoms with van der Waals surface area (Å²) in [6.07, 6.45) is 6.77. The van der Waals surface area contributed by atoms with Gasteiger partial charge in [-0.2, -0.15) is 0 Å². The Hall–Kier alpha value is -3.00. The molecule has 0 bridgehead atoms. The minimum Gasteiger partial charge on any atom is -0.386 e. The van der Waals surface area contributed by atoms with Crippen LogP contribution in [-0.2, 0) is 0 Å². The van der Waals surface area contributed by atoms with Gasteiger partial charge in [0, 0.05) is 63.3 Å². The molecule has 0 aliphatic carbocycles. The molecule has 2 aromatic heterocycles. The highest BCUT2D eigenvalue weighted by Gasteiger charge is 2.42. The molecule has 0 amide bonds. The highest BCUT2D eigenvalue weighted by molar-refractivity contribution is 6.21. The van der Waals surface area contributed by atoms with Gasteiger partial charge in [-0.15, -0.1) is 0 Å². The predicted molar refractivity (Wildman–Crippen MR) is 132 cm³/mol. The van der Waals surface area contributed by atoms with Crippen molar-refractivity contribution in [1.29, 1.82) is 0 Å². The second-order valence-electron chi connectivity index (χ2n) is 8.99. The molecule has 3 aromatic rings. The first kappa shape index (κ1) is 21.8. The molecule has 0 radical (unpaired) electrons. The zero-order valence-corrected chi connectivity index (χ0v) is 19.5. The Morgan fingerprint density at radius 2 is 2.15 bits per heavy atom. The number of hydrogen-bond acceptors (Lipinski definition) is 5. The molecule has 6 nitrogen and oxygen atoms in total. The molecule has 4 heterocycles. The first-order valence-corrected chi connectivity index (χ1v) is 11.6. The van der Waals surface area contributed by atoms with Crippen LogP contribution in [0, 0.1) is 17.6 Å². The van der Waals surface area contributed by atoms with E-state index in [9.17, 15) is 4.39 Å². The van der Waals surface area contributed by atoms with Crippen molar-refractivity contribution in [3.05, 3.63) is 35.5 Å². The number of fused-ring (bicyclic) bond motifs is 4. The van der Waals surface area contributed by atoms with Crippen molar-refractivity contribution in [3.63, 3.8) is 0 Å². The smallest absolute Gasteiger partial charge is 0.169 e. The summed E-state index contributed by atoms with van der Waals surface area (Å²) >= 11 is 0. The fourth-order valence-corrected chi connectivity index (χ4v) is 5.59. The lowest BCUT2D eigenvalue weighted by atomic mass is 10.00. The zero-order chi connectivity index (χ0) is 23.3. The number of allylic oxidation sites excluding steroid dienone is 2. The second kappa shape index (κ2) is 8.41. The van der Waals surface area contributed by atoms with E-state index in [-0.39, 0.29) is 5.39 Å². The fraction of sp³-hybridized carbons (Fsp3) is 0.440. The van der Waals surface area contributed by atoms with Gasteiger partial charge in [-0.25, -0.2) is 13.8 Å². The Bertz CT molecular complexity index is 1280. The van der Waals surface area contributed by atoms with E-state index in [0.717, 1.165) is 42.9 Å². The summed E-state index contributed by atoms with van der Waals surface area (Å²) in [6, 6.07) is 1.52. The van der Waals surface area contributed by atoms with E-state index >= 15 is 4.39 Å². The molecule has 2 saturated heterocycles. The molecule has 174 valence electrons. The van der Waals surface area contributed by atoms with Gasteiger partial charge in [0.2, 0.25) is 0 Å². The molecule has 5 rings (SSSR count). The normalized spacial score (nSPS) is 21.8. The number of halogens is 2. The average molecular weight is 453 g/mol. The van der Waals surface area contributed by atoms with Gasteiger partial charge in [-0.3, -0.25) is 4.99 Å². The van der Waals surface area contributed by atoms with Crippen LogP contribution in [0.2, 0.25) is 0 Å². The van der Waals surface area contributed by atoms with Crippen molar-refractivity contribution in [3.8, 4) is 0 Å². The van der Waals surface area contributed by atoms with Crippen LogP contribution in [-0.4, -0.2) is 67.4 Å². The van der Waals surface area contributed by atoms with E-state index in [4.69, 9.17) is 0 Å². The maximum absolute atomic E-state index is 15.4. The van der Waals surface area contributed by atoms with Crippen molar-refractivity contribution >= 4 is 45.1 Å². The highest BCUT2D eigenvalue weighted by atomic mass is 19.2. The minimum absolute atomic E-state index is 0.247. The monoisotopic (exact) mass is 452 g/mol. The number of pyridine rings is 1. The molecule has 2 fully saturated rings. The summed E-state index contributed by atoms with van der Waals surface area (Å²) < 4.78 is 30.0. The van der Waals surface area contributed by atoms with E-state index in [2.05, 4.69) is 37.1 Å². The third kappa shape index (κ3) is 3.39. The lowest BCUT2D eigenvalue weighted by Crippen LogP contribution is -2.35. The first-order chi connectivity index (χ1) is 16.0. The van der Waals surface area contributed by atoms with E-state index in [1.54, 1.807) is 7.05 Å². The summed E-state index contributed by atoms with van der Waals surface area (Å²) in [5.41, 5.74) is 4.33. The Morgan fingerprint density at radius 3 is 2.88 bits per heavy atom. The van der Waals surface area contributed by atoms with E-state index in [1.165, 1.54) is 6.07 Å². The zero-order valence-electron chi connectivity index (χ0n) is 19.5. The largest absolute Gasteiger partial charge is 0.386 e. The minimum atomic E-state index is -0.872. The third-order valence-corrected chi connectivity index (χ3v) is 7.09. The first-order valence-electron chi connectivity index (χ1n) is 11.6. The Balaban J connectivity index is 1.86. The van der Waals surface area contributed by atoms with Crippen LogP contribution in [0.15, 0.2) is 23.3 Å². The third-order valence-electron chi connectivity index (χ3n) is 7.09. The van der Waals surface area contributed by atoms with Crippen molar-refractivity contribution in [2.75, 3.05) is 50.5 Å². The van der Waals surface area contributed by atoms with Crippen molar-refractivity contribution in [2.45, 2.75) is 26.3 Å². The van der Waals surface area contributed by atoms with Crippen LogP contribution in [0.1, 0.15) is 25.8 Å². The summed E-state index contributed by atoms with van der Waals surface area (Å²) in [5, 5.41) is 3.87. The maximum Gasteiger partial charge on any atom is 0.169 e. The SMILES string of the molecule is C/C=C(\C=N/CC)c1cnc2[nH]c3c(NC)cc(F)c(F)c3c2c1N1CC[C@@H]2CN(C)C[C@@H]21. The van der Waals surface area contributed by atoms with Crippen LogP contribution >= 0.6 is 0 Å². The number of nitrogens with zero attached hydrogens (tertiary/aromatic N) is 4. The molecule has 8 heteroatoms. The molecule has 0 spiro atoms. The predicted octanol–water partition coefficient (Wildman–Crippen LogP) is 4.67. The van der Waals surface area contributed by atoms with Gasteiger partial charge in [0.15, 0.2) is 11.6 Å². The van der Waals surface area contributed by atoms with Crippen LogP contribution in [0.25, 0.3) is 27.5 Å². The number of anilines is 2. The number of hydrogen-bond donors (Lipinski definition) is 2. The van der Waals surface area contributed by atoms with E-state index in [0.29, 0.717) is 40.7 Å². The molecular weight excluding hydrogens is 422 g/mol. The van der Waals surface area contributed by atoms with Gasteiger partial charge < -0.3 is 20.1 Å². The van der Waals surface area contributed by atoms with E-state index in [1.807, 2.05) is 32.3 Å². The Morgan fingerprint density at radius 1 is 1.33 bits per heavy atom. The number of likely N-dealkylation sites (N-methyl/N-ethyl adjacent to an activating group) is 1. The lowest BCUT2D eigenvalue weighted by molar-refractivity contribution is 0.386. The van der Waals surface area contributed by atoms with E-state index < -0.39 is 11.6 Å². The summed E-state index contributed by atoms with van der Waals surface area (Å²) in [6.45, 7) is 7.50. The lowest BCUT2D eigenvalue weighted by Gasteiger charge is -2.29. The van der Waals surface area contributed by atoms with Gasteiger partial charge in [-0.1, -0.05) is 6.08 Å².